The van der Waals surface area contributed by atoms with Gasteiger partial charge >= 0.3 is 40.0 Å². The van der Waals surface area contributed by atoms with E-state index < -0.39 is 20.8 Å². The maximum absolute atomic E-state index is 9.68. The van der Waals surface area contributed by atoms with E-state index in [0.29, 0.717) is 0 Å². The Balaban J connectivity index is -0.000000218. The van der Waals surface area contributed by atoms with Crippen molar-refractivity contribution in [1.82, 2.24) is 0 Å². The van der Waals surface area contributed by atoms with Gasteiger partial charge in [-0.3, -0.25) is 8.74 Å². The van der Waals surface area contributed by atoms with E-state index in [1.165, 1.54) is 12.2 Å². The van der Waals surface area contributed by atoms with E-state index in [1.54, 1.807) is 0 Å². The fourth-order valence-electron chi connectivity index (χ4n) is 0.266. The molecule has 0 heterocycles. The molecule has 0 aromatic carbocycles. The molecule has 8 nitrogen and oxygen atoms in total. The predicted molar refractivity (Wildman–Crippen MR) is 53.5 cm³/mol. The van der Waals surface area contributed by atoms with Crippen molar-refractivity contribution in [2.45, 2.75) is 0 Å². The van der Waals surface area contributed by atoms with Crippen molar-refractivity contribution in [2.24, 2.45) is 0 Å². The molecular weight excluding hydrogens is 287 g/mol. The van der Waals surface area contributed by atoms with Gasteiger partial charge in [-0.25, -0.2) is 12.6 Å². The molecule has 1 N–H and O–H groups in total. The van der Waals surface area contributed by atoms with Crippen molar-refractivity contribution in [3.05, 3.63) is 25.3 Å². The first-order valence-corrected chi connectivity index (χ1v) is 6.26. The van der Waals surface area contributed by atoms with Gasteiger partial charge in [0.25, 0.3) is 0 Å². The average molecular weight is 298 g/mol. The van der Waals surface area contributed by atoms with Gasteiger partial charge in [-0.1, -0.05) is 12.2 Å². The molecule has 0 aliphatic heterocycles. The summed E-state index contributed by atoms with van der Waals surface area (Å²) in [7, 11) is -8.77. The van der Waals surface area contributed by atoms with Crippen LogP contribution in [0.3, 0.4) is 0 Å². The molecule has 0 saturated carbocycles. The van der Waals surface area contributed by atoms with Gasteiger partial charge in [-0.2, -0.15) is 8.42 Å². The summed E-state index contributed by atoms with van der Waals surface area (Å²) in [5.74, 6) is 0. The van der Waals surface area contributed by atoms with E-state index in [0.717, 1.165) is 0 Å². The molecule has 0 fully saturated rings. The summed E-state index contributed by atoms with van der Waals surface area (Å²) in [6.07, 6.45) is 2.39. The van der Waals surface area contributed by atoms with Crippen LogP contribution in [-0.4, -0.2) is 39.2 Å². The summed E-state index contributed by atoms with van der Waals surface area (Å²) >= 11 is 0. The van der Waals surface area contributed by atoms with Gasteiger partial charge in [0.2, 0.25) is 10.4 Å². The predicted octanol–water partition coefficient (Wildman–Crippen LogP) is -3.35. The Hall–Kier alpha value is 0.220. The van der Waals surface area contributed by atoms with Crippen LogP contribution in [0.25, 0.3) is 0 Å². The second-order valence-electron chi connectivity index (χ2n) is 1.98. The molecule has 0 rings (SSSR count). The molecule has 0 bridgehead atoms. The van der Waals surface area contributed by atoms with Crippen LogP contribution < -0.4 is 29.6 Å². The summed E-state index contributed by atoms with van der Waals surface area (Å²) in [6.45, 7) is 5.84. The summed E-state index contributed by atoms with van der Waals surface area (Å²) in [5.41, 5.74) is 0. The molecule has 0 spiro atoms. The van der Waals surface area contributed by atoms with E-state index in [1.807, 2.05) is 0 Å². The van der Waals surface area contributed by atoms with Crippen LogP contribution in [0.1, 0.15) is 0 Å². The normalized spacial score (nSPS) is 10.5. The minimum atomic E-state index is -4.51. The van der Waals surface area contributed by atoms with Crippen molar-refractivity contribution >= 4 is 20.8 Å². The average Bonchev–Trinajstić information content (AvgIpc) is 2.10. The van der Waals surface area contributed by atoms with Crippen LogP contribution in [0, 0.1) is 0 Å². The Morgan fingerprint density at radius 1 is 1.06 bits per heavy atom. The van der Waals surface area contributed by atoms with Crippen molar-refractivity contribution in [3.63, 3.8) is 0 Å². The zero-order valence-electron chi connectivity index (χ0n) is 9.10. The van der Waals surface area contributed by atoms with E-state index >= 15 is 0 Å². The molecule has 17 heavy (non-hydrogen) atoms. The van der Waals surface area contributed by atoms with Crippen LogP contribution >= 0.6 is 0 Å². The van der Waals surface area contributed by atoms with Crippen LogP contribution in [-0.2, 0) is 29.2 Å². The Morgan fingerprint density at radius 2 is 1.41 bits per heavy atom. The monoisotopic (exact) mass is 298 g/mol. The zero-order chi connectivity index (χ0) is 13.2. The maximum atomic E-state index is 9.68. The fraction of sp³-hybridized carbons (Fsp3) is 0.333. The molecular formula is C6H11NaO8S2. The standard InChI is InChI=1S/2C3H6O4S.Na/c2*1-2-3-7-8(4,5)6;/h2*2H,1,3H2,(H,4,5,6);/q;;+1/p-1. The molecule has 0 radical (unpaired) electrons. The molecule has 0 amide bonds. The van der Waals surface area contributed by atoms with Gasteiger partial charge in [-0.15, -0.1) is 13.2 Å². The van der Waals surface area contributed by atoms with E-state index in [2.05, 4.69) is 21.5 Å². The molecule has 0 unspecified atom stereocenters. The zero-order valence-corrected chi connectivity index (χ0v) is 12.7. The quantitative estimate of drug-likeness (QED) is 0.233. The van der Waals surface area contributed by atoms with Crippen LogP contribution in [0.2, 0.25) is 0 Å². The largest absolute Gasteiger partial charge is 1.00 e. The number of rotatable bonds is 6. The first kappa shape index (κ1) is 22.4. The van der Waals surface area contributed by atoms with Gasteiger partial charge < -0.3 is 4.55 Å². The number of hydrogen-bond acceptors (Lipinski definition) is 7. The first-order valence-electron chi connectivity index (χ1n) is 3.56. The Morgan fingerprint density at radius 3 is 1.53 bits per heavy atom. The summed E-state index contributed by atoms with van der Waals surface area (Å²) in [6, 6.07) is 0. The molecule has 0 atom stereocenters. The van der Waals surface area contributed by atoms with Crippen LogP contribution in [0.15, 0.2) is 25.3 Å². The third-order valence-electron chi connectivity index (χ3n) is 0.665. The molecule has 0 aliphatic rings. The second kappa shape index (κ2) is 11.3. The molecule has 0 aromatic rings. The fourth-order valence-corrected chi connectivity index (χ4v) is 0.797. The maximum Gasteiger partial charge on any atom is 1.00 e. The van der Waals surface area contributed by atoms with Crippen LogP contribution in [0.5, 0.6) is 0 Å². The second-order valence-corrected chi connectivity index (χ2v) is 4.13. The minimum absolute atomic E-state index is 0. The van der Waals surface area contributed by atoms with Gasteiger partial charge in [0.1, 0.15) is 0 Å². The molecule has 11 heteroatoms. The van der Waals surface area contributed by atoms with Gasteiger partial charge in [0, 0.05) is 0 Å². The van der Waals surface area contributed by atoms with Gasteiger partial charge in [-0.05, 0) is 0 Å². The van der Waals surface area contributed by atoms with Gasteiger partial charge in [0.05, 0.1) is 13.2 Å². The third kappa shape index (κ3) is 31.4. The minimum Gasteiger partial charge on any atom is -0.726 e. The van der Waals surface area contributed by atoms with Gasteiger partial charge in [0.15, 0.2) is 0 Å². The van der Waals surface area contributed by atoms with Crippen molar-refractivity contribution in [1.29, 1.82) is 0 Å². The summed E-state index contributed by atoms with van der Waals surface area (Å²) < 4.78 is 63.4. The Labute approximate surface area is 123 Å². The van der Waals surface area contributed by atoms with E-state index in [9.17, 15) is 21.4 Å². The van der Waals surface area contributed by atoms with Crippen molar-refractivity contribution < 1.29 is 63.9 Å². The van der Waals surface area contributed by atoms with Crippen molar-refractivity contribution in [3.8, 4) is 0 Å². The molecule has 96 valence electrons. The smallest absolute Gasteiger partial charge is 0.726 e. The van der Waals surface area contributed by atoms with E-state index in [4.69, 9.17) is 4.55 Å². The third-order valence-corrected chi connectivity index (χ3v) is 1.52. The SMILES string of the molecule is C=CCOS(=O)(=O)O.C=CCOS(=O)(=O)[O-].[Na+]. The van der Waals surface area contributed by atoms with Crippen molar-refractivity contribution in [2.75, 3.05) is 13.2 Å². The Kier molecular flexibility index (Phi) is 14.9. The molecule has 0 saturated heterocycles. The first-order chi connectivity index (χ1) is 7.12. The number of hydrogen-bond donors (Lipinski definition) is 1. The van der Waals surface area contributed by atoms with E-state index in [-0.39, 0.29) is 42.8 Å². The van der Waals surface area contributed by atoms with Crippen LogP contribution in [0.4, 0.5) is 0 Å². The topological polar surface area (TPSA) is 130 Å². The summed E-state index contributed by atoms with van der Waals surface area (Å²) in [4.78, 5) is 0. The Bertz CT molecular complexity index is 358. The summed E-state index contributed by atoms with van der Waals surface area (Å²) in [5, 5.41) is 0. The molecule has 0 aromatic heterocycles. The molecule has 0 aliphatic carbocycles.